The van der Waals surface area contributed by atoms with Crippen LogP contribution in [0.3, 0.4) is 0 Å². The maximum atomic E-state index is 13.4. The van der Waals surface area contributed by atoms with Crippen LogP contribution in [-0.2, 0) is 6.42 Å². The molecule has 0 bridgehead atoms. The summed E-state index contributed by atoms with van der Waals surface area (Å²) in [4.78, 5) is 17.5. The van der Waals surface area contributed by atoms with E-state index in [1.807, 2.05) is 0 Å². The van der Waals surface area contributed by atoms with Gasteiger partial charge in [-0.2, -0.15) is 9.97 Å². The molecule has 7 nitrogen and oxygen atoms in total. The van der Waals surface area contributed by atoms with Crippen molar-refractivity contribution in [1.29, 1.82) is 0 Å². The first-order chi connectivity index (χ1) is 10.0. The van der Waals surface area contributed by atoms with Crippen LogP contribution in [0.5, 0.6) is 11.8 Å². The third-order valence-electron chi connectivity index (χ3n) is 2.51. The molecule has 0 aliphatic carbocycles. The van der Waals surface area contributed by atoms with E-state index in [0.717, 1.165) is 18.3 Å². The van der Waals surface area contributed by atoms with E-state index in [0.29, 0.717) is 0 Å². The fourth-order valence-corrected chi connectivity index (χ4v) is 1.59. The van der Waals surface area contributed by atoms with Crippen LogP contribution in [0.25, 0.3) is 0 Å². The fraction of sp³-hybridized carbons (Fsp3) is 0.167. The summed E-state index contributed by atoms with van der Waals surface area (Å²) >= 11 is 0. The van der Waals surface area contributed by atoms with Gasteiger partial charge in [0.05, 0.1) is 4.92 Å². The Kier molecular flexibility index (Phi) is 4.33. The average molecular weight is 296 g/mol. The summed E-state index contributed by atoms with van der Waals surface area (Å²) in [5.74, 6) is -2.54. The van der Waals surface area contributed by atoms with Crippen LogP contribution in [0.2, 0.25) is 0 Å². The van der Waals surface area contributed by atoms with Gasteiger partial charge in [0.15, 0.2) is 11.6 Å². The van der Waals surface area contributed by atoms with Crippen molar-refractivity contribution in [2.45, 2.75) is 6.42 Å². The lowest BCUT2D eigenvalue weighted by Gasteiger charge is -2.07. The largest absolute Gasteiger partial charge is 0.418 e. The van der Waals surface area contributed by atoms with Crippen molar-refractivity contribution in [1.82, 2.24) is 9.97 Å². The van der Waals surface area contributed by atoms with Crippen LogP contribution in [0.15, 0.2) is 24.4 Å². The summed E-state index contributed by atoms with van der Waals surface area (Å²) in [5, 5.41) is 10.8. The lowest BCUT2D eigenvalue weighted by atomic mass is 10.2. The van der Waals surface area contributed by atoms with Gasteiger partial charge in [-0.05, 0) is 18.7 Å². The number of para-hydroxylation sites is 1. The van der Waals surface area contributed by atoms with Gasteiger partial charge in [-0.3, -0.25) is 10.1 Å². The van der Waals surface area contributed by atoms with Gasteiger partial charge in [-0.15, -0.1) is 0 Å². The quantitative estimate of drug-likeness (QED) is 0.668. The van der Waals surface area contributed by atoms with Crippen LogP contribution < -0.4 is 10.5 Å². The predicted octanol–water partition coefficient (Wildman–Crippen LogP) is 1.96. The van der Waals surface area contributed by atoms with Crippen LogP contribution in [0.1, 0.15) is 5.69 Å². The monoisotopic (exact) mass is 296 g/mol. The highest BCUT2D eigenvalue weighted by atomic mass is 19.1. The molecule has 0 amide bonds. The Morgan fingerprint density at radius 3 is 2.57 bits per heavy atom. The van der Waals surface area contributed by atoms with Gasteiger partial charge in [0.1, 0.15) is 11.9 Å². The Morgan fingerprint density at radius 2 is 2.00 bits per heavy atom. The van der Waals surface area contributed by atoms with Crippen molar-refractivity contribution in [2.75, 3.05) is 6.54 Å². The molecule has 110 valence electrons. The molecule has 2 rings (SSSR count). The molecule has 0 radical (unpaired) electrons. The van der Waals surface area contributed by atoms with Crippen LogP contribution in [0.4, 0.5) is 14.5 Å². The maximum Gasteiger partial charge on any atom is 0.322 e. The molecule has 0 unspecified atom stereocenters. The number of hydrogen-bond acceptors (Lipinski definition) is 6. The summed E-state index contributed by atoms with van der Waals surface area (Å²) in [6, 6.07) is 2.79. The standard InChI is InChI=1S/C12H10F2N4O3/c13-7-2-1-3-8(14)11(7)21-12-16-6-10(18(19)20)9(17-12)4-5-15/h1-3,6H,4-5,15H2. The van der Waals surface area contributed by atoms with Gasteiger partial charge in [0.2, 0.25) is 5.75 Å². The molecule has 1 heterocycles. The summed E-state index contributed by atoms with van der Waals surface area (Å²) < 4.78 is 31.8. The molecule has 1 aromatic heterocycles. The highest BCUT2D eigenvalue weighted by Crippen LogP contribution is 2.26. The number of nitrogens with zero attached hydrogens (tertiary/aromatic N) is 3. The zero-order valence-corrected chi connectivity index (χ0v) is 10.6. The molecule has 0 saturated heterocycles. The van der Waals surface area contributed by atoms with E-state index < -0.39 is 28.3 Å². The Bertz CT molecular complexity index is 661. The van der Waals surface area contributed by atoms with E-state index in [-0.39, 0.29) is 24.3 Å². The number of ether oxygens (including phenoxy) is 1. The van der Waals surface area contributed by atoms with Crippen molar-refractivity contribution in [3.05, 3.63) is 51.8 Å². The molecule has 0 aliphatic heterocycles. The first-order valence-corrected chi connectivity index (χ1v) is 5.85. The molecule has 2 aromatic rings. The minimum Gasteiger partial charge on any atom is -0.418 e. The van der Waals surface area contributed by atoms with Gasteiger partial charge >= 0.3 is 11.7 Å². The Hall–Kier alpha value is -2.68. The normalized spacial score (nSPS) is 10.4. The first kappa shape index (κ1) is 14.7. The van der Waals surface area contributed by atoms with Crippen molar-refractivity contribution in [3.63, 3.8) is 0 Å². The average Bonchev–Trinajstić information content (AvgIpc) is 2.43. The number of aromatic nitrogens is 2. The van der Waals surface area contributed by atoms with Gasteiger partial charge in [-0.25, -0.2) is 8.78 Å². The summed E-state index contributed by atoms with van der Waals surface area (Å²) in [7, 11) is 0. The molecule has 1 aromatic carbocycles. The van der Waals surface area contributed by atoms with E-state index in [2.05, 4.69) is 9.97 Å². The van der Waals surface area contributed by atoms with Crippen molar-refractivity contribution < 1.29 is 18.4 Å². The number of rotatable bonds is 5. The zero-order chi connectivity index (χ0) is 15.4. The third-order valence-corrected chi connectivity index (χ3v) is 2.51. The molecule has 0 fully saturated rings. The van der Waals surface area contributed by atoms with E-state index in [9.17, 15) is 18.9 Å². The van der Waals surface area contributed by atoms with Crippen molar-refractivity contribution in [3.8, 4) is 11.8 Å². The molecular formula is C12H10F2N4O3. The predicted molar refractivity (Wildman–Crippen MR) is 67.9 cm³/mol. The Morgan fingerprint density at radius 1 is 1.33 bits per heavy atom. The number of nitrogens with two attached hydrogens (primary N) is 1. The molecule has 0 saturated carbocycles. The summed E-state index contributed by atoms with van der Waals surface area (Å²) in [6.45, 7) is 0.116. The number of hydrogen-bond donors (Lipinski definition) is 1. The lowest BCUT2D eigenvalue weighted by Crippen LogP contribution is -2.09. The highest BCUT2D eigenvalue weighted by Gasteiger charge is 2.19. The van der Waals surface area contributed by atoms with Gasteiger partial charge in [0, 0.05) is 6.42 Å². The fourth-order valence-electron chi connectivity index (χ4n) is 1.59. The minimum absolute atomic E-state index is 0.0317. The highest BCUT2D eigenvalue weighted by molar-refractivity contribution is 5.35. The van der Waals surface area contributed by atoms with Crippen molar-refractivity contribution in [2.24, 2.45) is 5.73 Å². The second kappa shape index (κ2) is 6.18. The Balaban J connectivity index is 2.37. The molecule has 0 aliphatic rings. The van der Waals surface area contributed by atoms with Crippen LogP contribution in [-0.4, -0.2) is 21.4 Å². The number of benzene rings is 1. The van der Waals surface area contributed by atoms with E-state index in [4.69, 9.17) is 10.5 Å². The van der Waals surface area contributed by atoms with Gasteiger partial charge < -0.3 is 10.5 Å². The smallest absolute Gasteiger partial charge is 0.322 e. The summed E-state index contributed by atoms with van der Waals surface area (Å²) in [6.07, 6.45) is 1.01. The van der Waals surface area contributed by atoms with Crippen molar-refractivity contribution >= 4 is 5.69 Å². The topological polar surface area (TPSA) is 104 Å². The number of nitro groups is 1. The van der Waals surface area contributed by atoms with E-state index in [1.54, 1.807) is 0 Å². The van der Waals surface area contributed by atoms with Crippen LogP contribution in [0, 0.1) is 21.7 Å². The Labute approximate surface area is 117 Å². The van der Waals surface area contributed by atoms with E-state index >= 15 is 0 Å². The molecule has 21 heavy (non-hydrogen) atoms. The van der Waals surface area contributed by atoms with E-state index in [1.165, 1.54) is 6.07 Å². The molecule has 0 atom stereocenters. The second-order valence-corrected chi connectivity index (χ2v) is 3.93. The lowest BCUT2D eigenvalue weighted by molar-refractivity contribution is -0.386. The molecular weight excluding hydrogens is 286 g/mol. The third kappa shape index (κ3) is 3.26. The SMILES string of the molecule is NCCc1nc(Oc2c(F)cccc2F)ncc1[N+](=O)[O-]. The summed E-state index contributed by atoms with van der Waals surface area (Å²) in [5.41, 5.74) is 5.04. The van der Waals surface area contributed by atoms with Gasteiger partial charge in [0.25, 0.3) is 0 Å². The second-order valence-electron chi connectivity index (χ2n) is 3.93. The molecule has 9 heteroatoms. The minimum atomic E-state index is -0.933. The first-order valence-electron chi connectivity index (χ1n) is 5.85. The maximum absolute atomic E-state index is 13.4. The molecule has 0 spiro atoms. The van der Waals surface area contributed by atoms with Crippen LogP contribution >= 0.6 is 0 Å². The van der Waals surface area contributed by atoms with Gasteiger partial charge in [-0.1, -0.05) is 6.07 Å². The molecule has 2 N–H and O–H groups in total. The number of halogens is 2. The zero-order valence-electron chi connectivity index (χ0n) is 10.6.